The first-order valence-electron chi connectivity index (χ1n) is 8.75. The smallest absolute Gasteiger partial charge is 0.123 e. The van der Waals surface area contributed by atoms with Crippen molar-refractivity contribution in [1.82, 2.24) is 9.88 Å². The molecule has 0 unspecified atom stereocenters. The van der Waals surface area contributed by atoms with Crippen LogP contribution in [0.1, 0.15) is 11.1 Å². The van der Waals surface area contributed by atoms with E-state index in [1.807, 2.05) is 18.2 Å². The third-order valence-corrected chi connectivity index (χ3v) is 5.29. The Labute approximate surface area is 147 Å². The van der Waals surface area contributed by atoms with Crippen LogP contribution in [0.5, 0.6) is 0 Å². The lowest BCUT2D eigenvalue weighted by Crippen LogP contribution is -2.35. The van der Waals surface area contributed by atoms with Crippen LogP contribution in [0.2, 0.25) is 0 Å². The number of hydrogen-bond donors (Lipinski definition) is 0. The Morgan fingerprint density at radius 3 is 2.96 bits per heavy atom. The number of nitrogens with zero attached hydrogens (tertiary/aromatic N) is 2. The van der Waals surface area contributed by atoms with Gasteiger partial charge in [0.1, 0.15) is 5.82 Å². The third kappa shape index (κ3) is 3.73. The Morgan fingerprint density at radius 2 is 2.12 bits per heavy atom. The van der Waals surface area contributed by atoms with Crippen molar-refractivity contribution < 1.29 is 13.9 Å². The Hall–Kier alpha value is -1.82. The van der Waals surface area contributed by atoms with E-state index < -0.39 is 0 Å². The minimum Gasteiger partial charge on any atom is -0.380 e. The molecule has 0 radical (unpaired) electrons. The summed E-state index contributed by atoms with van der Waals surface area (Å²) in [5.41, 5.74) is 2.21. The maximum Gasteiger partial charge on any atom is 0.123 e. The first-order chi connectivity index (χ1) is 12.2. The van der Waals surface area contributed by atoms with Crippen LogP contribution in [0.15, 0.2) is 48.8 Å². The van der Waals surface area contributed by atoms with Crippen molar-refractivity contribution in [2.75, 3.05) is 32.9 Å². The van der Waals surface area contributed by atoms with Gasteiger partial charge >= 0.3 is 0 Å². The van der Waals surface area contributed by atoms with Crippen molar-refractivity contribution >= 4 is 0 Å². The van der Waals surface area contributed by atoms with Crippen LogP contribution < -0.4 is 0 Å². The molecule has 0 amide bonds. The molecule has 5 heteroatoms. The number of halogens is 1. The molecule has 4 nitrogen and oxygen atoms in total. The number of aromatic nitrogens is 1. The van der Waals surface area contributed by atoms with E-state index in [0.29, 0.717) is 19.1 Å². The molecule has 0 aliphatic carbocycles. The highest BCUT2D eigenvalue weighted by Crippen LogP contribution is 2.42. The topological polar surface area (TPSA) is 34.6 Å². The quantitative estimate of drug-likeness (QED) is 0.808. The van der Waals surface area contributed by atoms with E-state index in [0.717, 1.165) is 44.0 Å². The van der Waals surface area contributed by atoms with Gasteiger partial charge in [0.2, 0.25) is 0 Å². The van der Waals surface area contributed by atoms with Gasteiger partial charge in [0, 0.05) is 43.4 Å². The zero-order valence-electron chi connectivity index (χ0n) is 14.2. The Balaban J connectivity index is 1.37. The summed E-state index contributed by atoms with van der Waals surface area (Å²) in [6.07, 6.45) is 3.57. The number of pyridine rings is 1. The zero-order valence-corrected chi connectivity index (χ0v) is 14.2. The Kier molecular flexibility index (Phi) is 4.79. The van der Waals surface area contributed by atoms with E-state index in [1.165, 1.54) is 6.07 Å². The van der Waals surface area contributed by atoms with Gasteiger partial charge in [0.15, 0.2) is 0 Å². The lowest BCUT2D eigenvalue weighted by Gasteiger charge is -2.27. The predicted molar refractivity (Wildman–Crippen MR) is 92.3 cm³/mol. The van der Waals surface area contributed by atoms with E-state index >= 15 is 0 Å². The summed E-state index contributed by atoms with van der Waals surface area (Å²) in [6.45, 7) is 5.52. The second kappa shape index (κ2) is 7.20. The van der Waals surface area contributed by atoms with Gasteiger partial charge in [-0.25, -0.2) is 4.39 Å². The van der Waals surface area contributed by atoms with Gasteiger partial charge in [0.05, 0.1) is 26.4 Å². The summed E-state index contributed by atoms with van der Waals surface area (Å²) < 4.78 is 25.2. The number of rotatable bonds is 6. The molecule has 1 aromatic heterocycles. The summed E-state index contributed by atoms with van der Waals surface area (Å²) >= 11 is 0. The van der Waals surface area contributed by atoms with Gasteiger partial charge in [-0.3, -0.25) is 9.88 Å². The monoisotopic (exact) mass is 342 g/mol. The summed E-state index contributed by atoms with van der Waals surface area (Å²) in [6, 6.07) is 10.8. The van der Waals surface area contributed by atoms with Crippen molar-refractivity contribution in [2.24, 2.45) is 11.3 Å². The second-order valence-electron chi connectivity index (χ2n) is 7.22. The van der Waals surface area contributed by atoms with E-state index in [4.69, 9.17) is 9.47 Å². The first kappa shape index (κ1) is 16.6. The molecule has 0 spiro atoms. The molecule has 3 heterocycles. The number of hydrogen-bond acceptors (Lipinski definition) is 4. The minimum absolute atomic E-state index is 0.0559. The van der Waals surface area contributed by atoms with Crippen molar-refractivity contribution in [3.05, 3.63) is 65.7 Å². The molecule has 2 aliphatic heterocycles. The fourth-order valence-corrected chi connectivity index (χ4v) is 4.01. The van der Waals surface area contributed by atoms with Crippen LogP contribution in [-0.4, -0.2) is 42.8 Å². The van der Waals surface area contributed by atoms with E-state index in [1.54, 1.807) is 24.5 Å². The Morgan fingerprint density at radius 1 is 1.24 bits per heavy atom. The van der Waals surface area contributed by atoms with Crippen LogP contribution in [0.4, 0.5) is 4.39 Å². The molecule has 4 rings (SSSR count). The van der Waals surface area contributed by atoms with Crippen LogP contribution >= 0.6 is 0 Å². The number of likely N-dealkylation sites (tertiary alicyclic amines) is 1. The maximum absolute atomic E-state index is 13.4. The molecular weight excluding hydrogens is 319 g/mol. The van der Waals surface area contributed by atoms with E-state index in [9.17, 15) is 4.39 Å². The van der Waals surface area contributed by atoms with Gasteiger partial charge in [-0.05, 0) is 35.4 Å². The van der Waals surface area contributed by atoms with Crippen molar-refractivity contribution in [1.29, 1.82) is 0 Å². The zero-order chi connectivity index (χ0) is 17.1. The Bertz CT molecular complexity index is 712. The summed E-state index contributed by atoms with van der Waals surface area (Å²) in [5.74, 6) is 0.314. The SMILES string of the molecule is Fc1cccc(CN2C[C@@H]3COC[C@]3(COCc3ccncc3)C2)c1. The molecule has 0 bridgehead atoms. The normalized spacial score (nSPS) is 26.0. The van der Waals surface area contributed by atoms with Crippen LogP contribution in [-0.2, 0) is 22.6 Å². The van der Waals surface area contributed by atoms with Gasteiger partial charge in [-0.15, -0.1) is 0 Å². The summed E-state index contributed by atoms with van der Waals surface area (Å²) in [5, 5.41) is 0. The fraction of sp³-hybridized carbons (Fsp3) is 0.450. The minimum atomic E-state index is -0.171. The van der Waals surface area contributed by atoms with Gasteiger partial charge in [-0.1, -0.05) is 12.1 Å². The number of ether oxygens (including phenoxy) is 2. The maximum atomic E-state index is 13.4. The van der Waals surface area contributed by atoms with Gasteiger partial charge in [0.25, 0.3) is 0 Å². The predicted octanol–water partition coefficient (Wildman–Crippen LogP) is 2.89. The largest absolute Gasteiger partial charge is 0.380 e. The fourth-order valence-electron chi connectivity index (χ4n) is 4.01. The van der Waals surface area contributed by atoms with E-state index in [-0.39, 0.29) is 11.2 Å². The molecular formula is C20H23FN2O2. The average Bonchev–Trinajstić information content (AvgIpc) is 3.12. The summed E-state index contributed by atoms with van der Waals surface area (Å²) in [7, 11) is 0. The van der Waals surface area contributed by atoms with Gasteiger partial charge < -0.3 is 9.47 Å². The van der Waals surface area contributed by atoms with Crippen molar-refractivity contribution in [3.63, 3.8) is 0 Å². The second-order valence-corrected chi connectivity index (χ2v) is 7.22. The summed E-state index contributed by atoms with van der Waals surface area (Å²) in [4.78, 5) is 6.43. The highest BCUT2D eigenvalue weighted by Gasteiger charge is 2.50. The van der Waals surface area contributed by atoms with E-state index in [2.05, 4.69) is 9.88 Å². The average molecular weight is 342 g/mol. The molecule has 2 aliphatic rings. The standard InChI is InChI=1S/C20H23FN2O2/c21-19-3-1-2-17(8-19)9-23-10-18-12-25-15-20(18,13-23)14-24-11-16-4-6-22-7-5-16/h1-8,18H,9-15H2/t18-,20-/m1/s1. The molecule has 25 heavy (non-hydrogen) atoms. The van der Waals surface area contributed by atoms with Gasteiger partial charge in [-0.2, -0.15) is 0 Å². The van der Waals surface area contributed by atoms with Crippen LogP contribution in [0, 0.1) is 17.2 Å². The third-order valence-electron chi connectivity index (χ3n) is 5.29. The highest BCUT2D eigenvalue weighted by molar-refractivity contribution is 5.17. The molecule has 0 saturated carbocycles. The molecule has 2 atom stereocenters. The highest BCUT2D eigenvalue weighted by atomic mass is 19.1. The molecule has 2 aromatic rings. The number of benzene rings is 1. The molecule has 1 aromatic carbocycles. The van der Waals surface area contributed by atoms with Crippen LogP contribution in [0.25, 0.3) is 0 Å². The molecule has 2 saturated heterocycles. The number of fused-ring (bicyclic) bond motifs is 1. The van der Waals surface area contributed by atoms with Crippen molar-refractivity contribution in [2.45, 2.75) is 13.2 Å². The molecule has 2 fully saturated rings. The molecule has 0 N–H and O–H groups in total. The lowest BCUT2D eigenvalue weighted by atomic mass is 9.82. The van der Waals surface area contributed by atoms with Crippen LogP contribution in [0.3, 0.4) is 0 Å². The lowest BCUT2D eigenvalue weighted by molar-refractivity contribution is 0.0182. The van der Waals surface area contributed by atoms with Crippen molar-refractivity contribution in [3.8, 4) is 0 Å². The first-order valence-corrected chi connectivity index (χ1v) is 8.75. The molecule has 132 valence electrons.